The van der Waals surface area contributed by atoms with Gasteiger partial charge in [0.1, 0.15) is 11.6 Å². The van der Waals surface area contributed by atoms with Gasteiger partial charge in [-0.3, -0.25) is 14.6 Å². The van der Waals surface area contributed by atoms with Gasteiger partial charge in [0.15, 0.2) is 0 Å². The van der Waals surface area contributed by atoms with E-state index in [1.54, 1.807) is 6.20 Å². The SMILES string of the molecule is CCC(=O)N1CCC(C2=NC(=O)c3cc(-c4c(O)cccc4F)ncc3C2)C1. The highest BCUT2D eigenvalue weighted by molar-refractivity contribution is 6.10. The summed E-state index contributed by atoms with van der Waals surface area (Å²) in [6, 6.07) is 5.50. The largest absolute Gasteiger partial charge is 0.507 e. The lowest BCUT2D eigenvalue weighted by Crippen LogP contribution is -2.31. The number of pyridine rings is 1. The smallest absolute Gasteiger partial charge is 0.277 e. The zero-order valence-corrected chi connectivity index (χ0v) is 15.5. The van der Waals surface area contributed by atoms with E-state index >= 15 is 0 Å². The first-order valence-corrected chi connectivity index (χ1v) is 9.34. The Morgan fingerprint density at radius 1 is 1.39 bits per heavy atom. The van der Waals surface area contributed by atoms with Crippen LogP contribution >= 0.6 is 0 Å². The normalized spacial score (nSPS) is 18.8. The van der Waals surface area contributed by atoms with Crippen LogP contribution in [0.4, 0.5) is 4.39 Å². The van der Waals surface area contributed by atoms with Crippen LogP contribution in [0.5, 0.6) is 5.75 Å². The van der Waals surface area contributed by atoms with Crippen LogP contribution in [-0.4, -0.2) is 45.6 Å². The average molecular weight is 381 g/mol. The van der Waals surface area contributed by atoms with Crippen molar-refractivity contribution in [1.82, 2.24) is 9.88 Å². The molecule has 1 unspecified atom stereocenters. The number of hydrogen-bond acceptors (Lipinski definition) is 4. The molecule has 2 aromatic rings. The van der Waals surface area contributed by atoms with E-state index in [9.17, 15) is 19.1 Å². The van der Waals surface area contributed by atoms with E-state index in [1.807, 2.05) is 11.8 Å². The van der Waals surface area contributed by atoms with Gasteiger partial charge in [-0.2, -0.15) is 0 Å². The van der Waals surface area contributed by atoms with Crippen molar-refractivity contribution < 1.29 is 19.1 Å². The molecular weight excluding hydrogens is 361 g/mol. The maximum absolute atomic E-state index is 14.1. The van der Waals surface area contributed by atoms with E-state index in [4.69, 9.17) is 0 Å². The molecule has 0 bridgehead atoms. The van der Waals surface area contributed by atoms with Crippen LogP contribution in [0.3, 0.4) is 0 Å². The third-order valence-electron chi connectivity index (χ3n) is 5.40. The third-order valence-corrected chi connectivity index (χ3v) is 5.40. The molecular formula is C21H20FN3O3. The Bertz CT molecular complexity index is 982. The van der Waals surface area contributed by atoms with E-state index in [1.165, 1.54) is 24.3 Å². The quantitative estimate of drug-likeness (QED) is 0.886. The molecule has 6 nitrogen and oxygen atoms in total. The number of aliphatic imine (C=N–C) groups is 1. The molecule has 2 aliphatic heterocycles. The van der Waals surface area contributed by atoms with Crippen molar-refractivity contribution in [3.05, 3.63) is 47.4 Å². The summed E-state index contributed by atoms with van der Waals surface area (Å²) in [6.07, 6.45) is 3.29. The first-order valence-electron chi connectivity index (χ1n) is 9.34. The van der Waals surface area contributed by atoms with Gasteiger partial charge in [0, 0.05) is 49.3 Å². The second-order valence-corrected chi connectivity index (χ2v) is 7.12. The zero-order valence-electron chi connectivity index (χ0n) is 15.5. The Kier molecular flexibility index (Phi) is 4.66. The third kappa shape index (κ3) is 3.17. The van der Waals surface area contributed by atoms with Crippen molar-refractivity contribution in [1.29, 1.82) is 0 Å². The number of phenols is 1. The van der Waals surface area contributed by atoms with Gasteiger partial charge in [0.2, 0.25) is 5.91 Å². The van der Waals surface area contributed by atoms with Crippen molar-refractivity contribution in [2.75, 3.05) is 13.1 Å². The lowest BCUT2D eigenvalue weighted by Gasteiger charge is -2.20. The van der Waals surface area contributed by atoms with Crippen molar-refractivity contribution in [3.63, 3.8) is 0 Å². The number of fused-ring (bicyclic) bond motifs is 1. The predicted octanol–water partition coefficient (Wildman–Crippen LogP) is 2.99. The standard InChI is InChI=1S/C21H20FN3O3/c1-2-19(27)25-7-6-12(11-25)16-8-13-10-23-17(9-14(13)21(28)24-16)20-15(22)4-3-5-18(20)26/h3-5,9-10,12,26H,2,6-8,11H2,1H3. The minimum atomic E-state index is -0.605. The van der Waals surface area contributed by atoms with Crippen LogP contribution in [0.25, 0.3) is 11.3 Å². The number of nitrogens with zero attached hydrogens (tertiary/aromatic N) is 3. The lowest BCUT2D eigenvalue weighted by molar-refractivity contribution is -0.129. The highest BCUT2D eigenvalue weighted by Crippen LogP contribution is 2.33. The Balaban J connectivity index is 1.61. The van der Waals surface area contributed by atoms with Crippen LogP contribution in [-0.2, 0) is 11.2 Å². The van der Waals surface area contributed by atoms with Gasteiger partial charge in [-0.15, -0.1) is 0 Å². The van der Waals surface area contributed by atoms with Crippen LogP contribution in [0, 0.1) is 11.7 Å². The summed E-state index contributed by atoms with van der Waals surface area (Å²) in [5.74, 6) is -1.04. The molecule has 3 heterocycles. The summed E-state index contributed by atoms with van der Waals surface area (Å²) in [5, 5.41) is 9.97. The summed E-state index contributed by atoms with van der Waals surface area (Å²) < 4.78 is 14.1. The molecule has 2 aliphatic rings. The molecule has 28 heavy (non-hydrogen) atoms. The number of phenolic OH excluding ortho intramolecular Hbond substituents is 1. The molecule has 1 atom stereocenters. The molecule has 0 radical (unpaired) electrons. The summed E-state index contributed by atoms with van der Waals surface area (Å²) >= 11 is 0. The monoisotopic (exact) mass is 381 g/mol. The number of halogens is 1. The van der Waals surface area contributed by atoms with Crippen LogP contribution < -0.4 is 0 Å². The fourth-order valence-electron chi connectivity index (χ4n) is 3.87. The summed E-state index contributed by atoms with van der Waals surface area (Å²) in [5.41, 5.74) is 2.04. The number of amides is 2. The van der Waals surface area contributed by atoms with Crippen molar-refractivity contribution in [2.24, 2.45) is 10.9 Å². The molecule has 7 heteroatoms. The van der Waals surface area contributed by atoms with Gasteiger partial charge in [-0.1, -0.05) is 13.0 Å². The van der Waals surface area contributed by atoms with Crippen molar-refractivity contribution in [3.8, 4) is 17.0 Å². The van der Waals surface area contributed by atoms with E-state index in [-0.39, 0.29) is 28.8 Å². The lowest BCUT2D eigenvalue weighted by atomic mass is 9.91. The number of aromatic hydroxyl groups is 1. The second-order valence-electron chi connectivity index (χ2n) is 7.12. The summed E-state index contributed by atoms with van der Waals surface area (Å²) in [6.45, 7) is 3.11. The van der Waals surface area contributed by atoms with Gasteiger partial charge in [0.05, 0.1) is 11.3 Å². The van der Waals surface area contributed by atoms with Crippen LogP contribution in [0.15, 0.2) is 35.5 Å². The number of aromatic nitrogens is 1. The topological polar surface area (TPSA) is 82.9 Å². The van der Waals surface area contributed by atoms with Gasteiger partial charge in [-0.05, 0) is 30.2 Å². The number of benzene rings is 1. The van der Waals surface area contributed by atoms with E-state index in [2.05, 4.69) is 9.98 Å². The molecule has 1 N–H and O–H groups in total. The Labute approximate surface area is 161 Å². The average Bonchev–Trinajstić information content (AvgIpc) is 3.18. The molecule has 0 aliphatic carbocycles. The molecule has 0 spiro atoms. The highest BCUT2D eigenvalue weighted by atomic mass is 19.1. The Morgan fingerprint density at radius 2 is 2.21 bits per heavy atom. The Hall–Kier alpha value is -3.09. The summed E-state index contributed by atoms with van der Waals surface area (Å²) in [7, 11) is 0. The first kappa shape index (κ1) is 18.3. The van der Waals surface area contributed by atoms with Gasteiger partial charge < -0.3 is 10.0 Å². The number of hydrogen-bond donors (Lipinski definition) is 1. The molecule has 1 saturated heterocycles. The van der Waals surface area contributed by atoms with Gasteiger partial charge >= 0.3 is 0 Å². The second kappa shape index (κ2) is 7.14. The molecule has 4 rings (SSSR count). The maximum Gasteiger partial charge on any atom is 0.277 e. The van der Waals surface area contributed by atoms with Gasteiger partial charge in [-0.25, -0.2) is 9.38 Å². The minimum absolute atomic E-state index is 0.0302. The summed E-state index contributed by atoms with van der Waals surface area (Å²) in [4.78, 5) is 34.9. The van der Waals surface area contributed by atoms with E-state index in [0.29, 0.717) is 31.5 Å². The van der Waals surface area contributed by atoms with Crippen LogP contribution in [0.1, 0.15) is 35.7 Å². The number of carbonyl (C=O) groups excluding carboxylic acids is 2. The molecule has 1 aromatic heterocycles. The van der Waals surface area contributed by atoms with E-state index < -0.39 is 11.7 Å². The molecule has 2 amide bonds. The molecule has 1 aromatic carbocycles. The maximum atomic E-state index is 14.1. The van der Waals surface area contributed by atoms with Crippen LogP contribution in [0.2, 0.25) is 0 Å². The minimum Gasteiger partial charge on any atom is -0.507 e. The zero-order chi connectivity index (χ0) is 19.8. The number of carbonyl (C=O) groups is 2. The molecule has 144 valence electrons. The van der Waals surface area contributed by atoms with Crippen molar-refractivity contribution in [2.45, 2.75) is 26.2 Å². The first-order chi connectivity index (χ1) is 13.5. The molecule has 0 saturated carbocycles. The predicted molar refractivity (Wildman–Crippen MR) is 102 cm³/mol. The molecule has 1 fully saturated rings. The van der Waals surface area contributed by atoms with Crippen molar-refractivity contribution >= 4 is 17.5 Å². The van der Waals surface area contributed by atoms with E-state index in [0.717, 1.165) is 17.7 Å². The number of likely N-dealkylation sites (tertiary alicyclic amines) is 1. The fourth-order valence-corrected chi connectivity index (χ4v) is 3.87. The fraction of sp³-hybridized carbons (Fsp3) is 0.333. The Morgan fingerprint density at radius 3 is 2.96 bits per heavy atom. The van der Waals surface area contributed by atoms with Gasteiger partial charge in [0.25, 0.3) is 5.91 Å². The number of rotatable bonds is 3. The highest BCUT2D eigenvalue weighted by Gasteiger charge is 2.32.